The number of hydrogen-bond acceptors (Lipinski definition) is 3. The van der Waals surface area contributed by atoms with E-state index in [4.69, 9.17) is 0 Å². The van der Waals surface area contributed by atoms with Crippen LogP contribution in [0.15, 0.2) is 0 Å². The second-order valence-electron chi connectivity index (χ2n) is 4.16. The van der Waals surface area contributed by atoms with Crippen molar-refractivity contribution in [1.29, 1.82) is 0 Å². The van der Waals surface area contributed by atoms with Crippen molar-refractivity contribution in [3.05, 3.63) is 15.6 Å². The summed E-state index contributed by atoms with van der Waals surface area (Å²) in [5.74, 6) is 0. The van der Waals surface area contributed by atoms with Gasteiger partial charge in [-0.1, -0.05) is 0 Å². The van der Waals surface area contributed by atoms with Crippen molar-refractivity contribution in [2.24, 2.45) is 0 Å². The van der Waals surface area contributed by atoms with Crippen molar-refractivity contribution in [2.75, 3.05) is 0 Å². The van der Waals surface area contributed by atoms with Gasteiger partial charge in [0.05, 0.1) is 5.69 Å². The van der Waals surface area contributed by atoms with Gasteiger partial charge in [-0.3, -0.25) is 0 Å². The lowest BCUT2D eigenvalue weighted by molar-refractivity contribution is 0.536. The van der Waals surface area contributed by atoms with E-state index in [0.717, 1.165) is 6.54 Å². The minimum absolute atomic E-state index is 0.424. The van der Waals surface area contributed by atoms with Crippen LogP contribution in [-0.4, -0.2) is 10.5 Å². The van der Waals surface area contributed by atoms with Gasteiger partial charge in [0.2, 0.25) is 0 Å². The molecule has 1 aliphatic rings. The highest BCUT2D eigenvalue weighted by molar-refractivity contribution is 7.11. The topological polar surface area (TPSA) is 24.9 Å². The lowest BCUT2D eigenvalue weighted by atomic mass is 10.3. The van der Waals surface area contributed by atoms with E-state index in [1.165, 1.54) is 28.4 Å². The molecule has 0 saturated heterocycles. The predicted molar refractivity (Wildman–Crippen MR) is 56.1 cm³/mol. The Morgan fingerprint density at radius 2 is 2.15 bits per heavy atom. The molecule has 0 bridgehead atoms. The van der Waals surface area contributed by atoms with E-state index < -0.39 is 0 Å². The van der Waals surface area contributed by atoms with Crippen LogP contribution in [0.4, 0.5) is 0 Å². The quantitative estimate of drug-likeness (QED) is 0.803. The Kier molecular flexibility index (Phi) is 2.16. The lowest BCUT2D eigenvalue weighted by Crippen LogP contribution is -2.26. The standard InChI is InChI=1S/C10H16N2S/c1-7-8(2)13-9(12-7)6-11-10(3)4-5-10/h11H,4-6H2,1-3H3. The smallest absolute Gasteiger partial charge is 0.107 e. The van der Waals surface area contributed by atoms with Gasteiger partial charge >= 0.3 is 0 Å². The third kappa shape index (κ3) is 2.09. The van der Waals surface area contributed by atoms with Gasteiger partial charge in [0, 0.05) is 17.0 Å². The molecule has 3 heteroatoms. The summed E-state index contributed by atoms with van der Waals surface area (Å²) in [6.07, 6.45) is 2.63. The number of nitrogens with zero attached hydrogens (tertiary/aromatic N) is 1. The zero-order valence-electron chi connectivity index (χ0n) is 8.48. The summed E-state index contributed by atoms with van der Waals surface area (Å²) in [4.78, 5) is 5.84. The molecule has 1 aromatic heterocycles. The molecule has 1 N–H and O–H groups in total. The minimum atomic E-state index is 0.424. The van der Waals surface area contributed by atoms with Crippen molar-refractivity contribution >= 4 is 11.3 Å². The lowest BCUT2D eigenvalue weighted by Gasteiger charge is -2.08. The molecule has 0 unspecified atom stereocenters. The van der Waals surface area contributed by atoms with Crippen molar-refractivity contribution < 1.29 is 0 Å². The fraction of sp³-hybridized carbons (Fsp3) is 0.700. The molecule has 0 aliphatic heterocycles. The average molecular weight is 196 g/mol. The molecule has 72 valence electrons. The molecule has 2 nitrogen and oxygen atoms in total. The van der Waals surface area contributed by atoms with Gasteiger partial charge in [-0.25, -0.2) is 4.98 Å². The van der Waals surface area contributed by atoms with Crippen LogP contribution in [0, 0.1) is 13.8 Å². The minimum Gasteiger partial charge on any atom is -0.305 e. The molecule has 1 heterocycles. The average Bonchev–Trinajstić information content (AvgIpc) is 2.72. The first-order valence-electron chi connectivity index (χ1n) is 4.77. The van der Waals surface area contributed by atoms with Crippen LogP contribution in [0.2, 0.25) is 0 Å². The number of aryl methyl sites for hydroxylation is 2. The molecule has 1 saturated carbocycles. The Morgan fingerprint density at radius 1 is 1.46 bits per heavy atom. The summed E-state index contributed by atoms with van der Waals surface area (Å²) in [6.45, 7) is 7.43. The second kappa shape index (κ2) is 3.07. The molecule has 0 radical (unpaired) electrons. The van der Waals surface area contributed by atoms with E-state index in [1.54, 1.807) is 0 Å². The van der Waals surface area contributed by atoms with Crippen LogP contribution in [-0.2, 0) is 6.54 Å². The number of aromatic nitrogens is 1. The molecule has 2 rings (SSSR count). The van der Waals surface area contributed by atoms with Crippen LogP contribution in [0.1, 0.15) is 35.3 Å². The summed E-state index contributed by atoms with van der Waals surface area (Å²) in [5, 5.41) is 4.76. The van der Waals surface area contributed by atoms with Crippen LogP contribution in [0.5, 0.6) is 0 Å². The van der Waals surface area contributed by atoms with E-state index in [9.17, 15) is 0 Å². The summed E-state index contributed by atoms with van der Waals surface area (Å²) in [7, 11) is 0. The number of thiazole rings is 1. The zero-order chi connectivity index (χ0) is 9.47. The molecule has 13 heavy (non-hydrogen) atoms. The van der Waals surface area contributed by atoms with Gasteiger partial charge in [-0.05, 0) is 33.6 Å². The van der Waals surface area contributed by atoms with Crippen LogP contribution in [0.25, 0.3) is 0 Å². The fourth-order valence-corrected chi connectivity index (χ4v) is 2.14. The van der Waals surface area contributed by atoms with E-state index in [0.29, 0.717) is 5.54 Å². The molecule has 1 fully saturated rings. The summed E-state index contributed by atoms with van der Waals surface area (Å²) in [5.41, 5.74) is 1.61. The monoisotopic (exact) mass is 196 g/mol. The molecule has 0 aromatic carbocycles. The highest BCUT2D eigenvalue weighted by atomic mass is 32.1. The summed E-state index contributed by atoms with van der Waals surface area (Å²) in [6, 6.07) is 0. The van der Waals surface area contributed by atoms with Crippen LogP contribution in [0.3, 0.4) is 0 Å². The van der Waals surface area contributed by atoms with Gasteiger partial charge in [-0.15, -0.1) is 11.3 Å². The van der Waals surface area contributed by atoms with Crippen LogP contribution >= 0.6 is 11.3 Å². The molecule has 0 amide bonds. The van der Waals surface area contributed by atoms with Gasteiger partial charge in [0.1, 0.15) is 5.01 Å². The van der Waals surface area contributed by atoms with Crippen molar-refractivity contribution in [1.82, 2.24) is 10.3 Å². The SMILES string of the molecule is Cc1nc(CNC2(C)CC2)sc1C. The molecule has 1 aromatic rings. The maximum atomic E-state index is 4.50. The second-order valence-corrected chi connectivity index (χ2v) is 5.45. The fourth-order valence-electron chi connectivity index (χ4n) is 1.27. The Morgan fingerprint density at radius 3 is 2.62 bits per heavy atom. The molecule has 0 spiro atoms. The first-order chi connectivity index (χ1) is 6.09. The molecule has 0 atom stereocenters. The maximum Gasteiger partial charge on any atom is 0.107 e. The van der Waals surface area contributed by atoms with E-state index in [-0.39, 0.29) is 0 Å². The van der Waals surface area contributed by atoms with Gasteiger partial charge < -0.3 is 5.32 Å². The Hall–Kier alpha value is -0.410. The van der Waals surface area contributed by atoms with E-state index in [2.05, 4.69) is 31.1 Å². The van der Waals surface area contributed by atoms with Gasteiger partial charge in [0.15, 0.2) is 0 Å². The summed E-state index contributed by atoms with van der Waals surface area (Å²) < 4.78 is 0. The highest BCUT2D eigenvalue weighted by Gasteiger charge is 2.36. The Balaban J connectivity index is 1.94. The molecular weight excluding hydrogens is 180 g/mol. The number of nitrogens with one attached hydrogen (secondary N) is 1. The third-order valence-electron chi connectivity index (χ3n) is 2.74. The zero-order valence-corrected chi connectivity index (χ0v) is 9.29. The van der Waals surface area contributed by atoms with E-state index >= 15 is 0 Å². The Bertz CT molecular complexity index is 293. The van der Waals surface area contributed by atoms with Crippen molar-refractivity contribution in [3.63, 3.8) is 0 Å². The highest BCUT2D eigenvalue weighted by Crippen LogP contribution is 2.34. The van der Waals surface area contributed by atoms with Crippen molar-refractivity contribution in [3.8, 4) is 0 Å². The molecular formula is C10H16N2S. The Labute approximate surface area is 83.4 Å². The van der Waals surface area contributed by atoms with Gasteiger partial charge in [0.25, 0.3) is 0 Å². The normalized spacial score (nSPS) is 19.0. The summed E-state index contributed by atoms with van der Waals surface area (Å²) >= 11 is 1.81. The molecule has 1 aliphatic carbocycles. The van der Waals surface area contributed by atoms with Crippen LogP contribution < -0.4 is 5.32 Å². The number of hydrogen-bond donors (Lipinski definition) is 1. The first kappa shape index (κ1) is 9.16. The van der Waals surface area contributed by atoms with Gasteiger partial charge in [-0.2, -0.15) is 0 Å². The predicted octanol–water partition coefficient (Wildman–Crippen LogP) is 2.40. The number of rotatable bonds is 3. The van der Waals surface area contributed by atoms with Crippen molar-refractivity contribution in [2.45, 2.75) is 45.7 Å². The van der Waals surface area contributed by atoms with E-state index in [1.807, 2.05) is 11.3 Å². The largest absolute Gasteiger partial charge is 0.305 e. The maximum absolute atomic E-state index is 4.50. The first-order valence-corrected chi connectivity index (χ1v) is 5.59. The third-order valence-corrected chi connectivity index (χ3v) is 3.81.